The summed E-state index contributed by atoms with van der Waals surface area (Å²) in [7, 11) is 0. The van der Waals surface area contributed by atoms with E-state index in [2.05, 4.69) is 9.98 Å². The number of halogens is 2. The Labute approximate surface area is 68.0 Å². The first-order valence-corrected chi connectivity index (χ1v) is 4.11. The van der Waals surface area contributed by atoms with Crippen molar-refractivity contribution in [3.63, 3.8) is 0 Å². The molecule has 44 valence electrons. The molecule has 0 aliphatic rings. The van der Waals surface area contributed by atoms with E-state index in [9.17, 15) is 0 Å². The molecule has 0 atom stereocenters. The zero-order valence-corrected chi connectivity index (χ0v) is 8.16. The molecule has 0 aromatic heterocycles. The molecule has 0 fully saturated rings. The standard InChI is InChI=1S/C3H2Cl2N2.W/c1-6-3(5)7-2-4;/h1-2H;. The summed E-state index contributed by atoms with van der Waals surface area (Å²) >= 11 is 11.6. The molecule has 0 aliphatic carbocycles. The predicted octanol–water partition coefficient (Wildman–Crippen LogP) is 1.15. The topological polar surface area (TPSA) is 24.7 Å². The summed E-state index contributed by atoms with van der Waals surface area (Å²) in [4.78, 5) is 7.08. The molecule has 0 bridgehead atoms. The van der Waals surface area contributed by atoms with Crippen LogP contribution in [0.4, 0.5) is 0 Å². The minimum absolute atomic E-state index is 0.162. The van der Waals surface area contributed by atoms with Gasteiger partial charge in [-0.15, -0.1) is 0 Å². The van der Waals surface area contributed by atoms with Crippen molar-refractivity contribution in [2.24, 2.45) is 9.98 Å². The third-order valence-corrected chi connectivity index (χ3v) is 0.986. The van der Waals surface area contributed by atoms with Crippen molar-refractivity contribution in [2.45, 2.75) is 0 Å². The van der Waals surface area contributed by atoms with E-state index in [1.54, 1.807) is 4.52 Å². The summed E-state index contributed by atoms with van der Waals surface area (Å²) in [5.74, 6) is 0. The third-order valence-electron chi connectivity index (χ3n) is 0.315. The first kappa shape index (κ1) is 8.48. The van der Waals surface area contributed by atoms with Crippen LogP contribution in [-0.2, 0) is 19.4 Å². The summed E-state index contributed by atoms with van der Waals surface area (Å²) < 4.78 is 1.62. The molecule has 0 aromatic carbocycles. The van der Waals surface area contributed by atoms with Gasteiger partial charge in [0.1, 0.15) is 0 Å². The quantitative estimate of drug-likeness (QED) is 0.393. The Bertz CT molecular complexity index is 131. The molecule has 5 heteroatoms. The Hall–Kier alpha value is 0.478. The van der Waals surface area contributed by atoms with Gasteiger partial charge in [0.2, 0.25) is 0 Å². The molecule has 0 unspecified atom stereocenters. The second-order valence-corrected chi connectivity index (χ2v) is 2.02. The van der Waals surface area contributed by atoms with Crippen LogP contribution in [0.2, 0.25) is 0 Å². The number of nitrogens with zero attached hydrogens (tertiary/aromatic N) is 2. The van der Waals surface area contributed by atoms with Gasteiger partial charge in [0, 0.05) is 0 Å². The van der Waals surface area contributed by atoms with Crippen LogP contribution in [0, 0.1) is 0 Å². The van der Waals surface area contributed by atoms with Crippen molar-refractivity contribution in [2.75, 3.05) is 0 Å². The molecule has 0 spiro atoms. The average Bonchev–Trinajstić information content (AvgIpc) is 1.68. The number of hydrogen-bond donors (Lipinski definition) is 0. The molecule has 0 saturated heterocycles. The van der Waals surface area contributed by atoms with Crippen molar-refractivity contribution >= 4 is 38.7 Å². The van der Waals surface area contributed by atoms with Gasteiger partial charge < -0.3 is 0 Å². The van der Waals surface area contributed by atoms with Gasteiger partial charge in [-0.1, -0.05) is 0 Å². The first-order chi connectivity index (χ1) is 3.81. The van der Waals surface area contributed by atoms with E-state index in [-0.39, 0.29) is 5.29 Å². The second kappa shape index (κ2) is 5.61. The van der Waals surface area contributed by atoms with Gasteiger partial charge in [-0.25, -0.2) is 0 Å². The maximum absolute atomic E-state index is 5.33. The fourth-order valence-corrected chi connectivity index (χ4v) is 0.947. The molecule has 0 amide bonds. The van der Waals surface area contributed by atoms with Crippen LogP contribution in [-0.4, -0.2) is 15.5 Å². The molecule has 0 saturated carbocycles. The van der Waals surface area contributed by atoms with Crippen LogP contribution in [0.5, 0.6) is 0 Å². The van der Waals surface area contributed by atoms with Crippen LogP contribution >= 0.6 is 23.2 Å². The Morgan fingerprint density at radius 1 is 1.62 bits per heavy atom. The van der Waals surface area contributed by atoms with Crippen molar-refractivity contribution in [1.29, 1.82) is 0 Å². The van der Waals surface area contributed by atoms with E-state index >= 15 is 0 Å². The van der Waals surface area contributed by atoms with E-state index in [0.29, 0.717) is 0 Å². The number of aliphatic imine (C=N–C) groups is 2. The van der Waals surface area contributed by atoms with Crippen LogP contribution in [0.25, 0.3) is 0 Å². The SMILES string of the molecule is ClC=NC(Cl)=N[CH]=[W]. The van der Waals surface area contributed by atoms with Gasteiger partial charge in [0.25, 0.3) is 0 Å². The molecule has 0 aromatic rings. The summed E-state index contributed by atoms with van der Waals surface area (Å²) in [6, 6.07) is 0. The number of amidine groups is 1. The van der Waals surface area contributed by atoms with Crippen molar-refractivity contribution in [1.82, 2.24) is 0 Å². The molecule has 0 aliphatic heterocycles. The van der Waals surface area contributed by atoms with Crippen LogP contribution in [0.15, 0.2) is 9.98 Å². The van der Waals surface area contributed by atoms with Crippen LogP contribution in [0.3, 0.4) is 0 Å². The molecular weight excluding hydrogens is 319 g/mol. The Balaban J connectivity index is 3.79. The molecule has 8 heavy (non-hydrogen) atoms. The van der Waals surface area contributed by atoms with Gasteiger partial charge in [-0.2, -0.15) is 0 Å². The van der Waals surface area contributed by atoms with Crippen molar-refractivity contribution in [3.8, 4) is 0 Å². The van der Waals surface area contributed by atoms with Crippen molar-refractivity contribution in [3.05, 3.63) is 0 Å². The molecule has 0 rings (SSSR count). The maximum atomic E-state index is 5.33. The third kappa shape index (κ3) is 4.63. The zero-order valence-electron chi connectivity index (χ0n) is 3.71. The van der Waals surface area contributed by atoms with E-state index in [4.69, 9.17) is 23.2 Å². The van der Waals surface area contributed by atoms with Gasteiger partial charge >= 0.3 is 68.0 Å². The van der Waals surface area contributed by atoms with Gasteiger partial charge in [-0.05, 0) is 0 Å². The first-order valence-electron chi connectivity index (χ1n) is 1.61. The Morgan fingerprint density at radius 2 is 2.25 bits per heavy atom. The zero-order chi connectivity index (χ0) is 6.41. The minimum atomic E-state index is 0.162. The van der Waals surface area contributed by atoms with Crippen LogP contribution in [0.1, 0.15) is 0 Å². The van der Waals surface area contributed by atoms with Gasteiger partial charge in [0.15, 0.2) is 0 Å². The molecular formula is C3H2Cl2N2W. The van der Waals surface area contributed by atoms with E-state index < -0.39 is 0 Å². The number of rotatable bonds is 1. The second-order valence-electron chi connectivity index (χ2n) is 0.730. The molecule has 0 N–H and O–H groups in total. The summed E-state index contributed by atoms with van der Waals surface area (Å²) in [5, 5.41) is 0.162. The molecule has 2 nitrogen and oxygen atoms in total. The van der Waals surface area contributed by atoms with E-state index in [1.165, 1.54) is 19.4 Å². The van der Waals surface area contributed by atoms with Gasteiger partial charge in [-0.3, -0.25) is 0 Å². The normalized spacial score (nSPS) is 12.5. The monoisotopic (exact) mass is 320 g/mol. The summed E-state index contributed by atoms with van der Waals surface area (Å²) in [5.41, 5.74) is 1.07. The van der Waals surface area contributed by atoms with Crippen LogP contribution < -0.4 is 0 Å². The van der Waals surface area contributed by atoms with Gasteiger partial charge in [0.05, 0.1) is 0 Å². The fourth-order valence-electron chi connectivity index (χ4n) is 0.117. The Morgan fingerprint density at radius 3 is 2.62 bits per heavy atom. The van der Waals surface area contributed by atoms with E-state index in [0.717, 1.165) is 5.67 Å². The predicted molar refractivity (Wildman–Crippen MR) is 33.7 cm³/mol. The Kier molecular flexibility index (Phi) is 5.95. The van der Waals surface area contributed by atoms with Crippen molar-refractivity contribution < 1.29 is 19.4 Å². The molecule has 0 radical (unpaired) electrons. The number of hydrogen-bond acceptors (Lipinski definition) is 1. The molecule has 0 heterocycles. The summed E-state index contributed by atoms with van der Waals surface area (Å²) in [6.45, 7) is 0. The average molecular weight is 321 g/mol. The fraction of sp³-hybridized carbons (Fsp3) is 0. The van der Waals surface area contributed by atoms with E-state index in [1.807, 2.05) is 0 Å². The summed E-state index contributed by atoms with van der Waals surface area (Å²) in [6.07, 6.45) is 0.